The third-order valence-electron chi connectivity index (χ3n) is 6.12. The number of aryl methyl sites for hydroxylation is 1. The molecule has 2 aromatic rings. The molecular weight excluding hydrogens is 394 g/mol. The minimum Gasteiger partial charge on any atom is -0.488 e. The molecule has 2 heterocycles. The molecule has 1 aliphatic carbocycles. The quantitative estimate of drug-likeness (QED) is 0.706. The summed E-state index contributed by atoms with van der Waals surface area (Å²) in [6.07, 6.45) is 2.29. The molecule has 0 spiro atoms. The summed E-state index contributed by atoms with van der Waals surface area (Å²) in [5, 5.41) is 3.07. The number of amides is 2. The Hall–Kier alpha value is -2.80. The fourth-order valence-electron chi connectivity index (χ4n) is 4.27. The Morgan fingerprint density at radius 2 is 1.90 bits per heavy atom. The predicted octanol–water partition coefficient (Wildman–Crippen LogP) is 2.69. The second-order valence-electron chi connectivity index (χ2n) is 8.47. The molecule has 166 valence electrons. The Morgan fingerprint density at radius 1 is 1.16 bits per heavy atom. The second-order valence-corrected chi connectivity index (χ2v) is 8.47. The molecular formula is C24H31N3O4. The van der Waals surface area contributed by atoms with Gasteiger partial charge in [0.25, 0.3) is 5.91 Å². The number of rotatable bonds is 8. The fraction of sp³-hybridized carbons (Fsp3) is 0.500. The highest BCUT2D eigenvalue weighted by Gasteiger charge is 2.43. The van der Waals surface area contributed by atoms with Crippen molar-refractivity contribution in [2.75, 3.05) is 20.3 Å². The molecule has 1 saturated heterocycles. The van der Waals surface area contributed by atoms with Crippen molar-refractivity contribution >= 4 is 11.8 Å². The Morgan fingerprint density at radius 3 is 2.58 bits per heavy atom. The Balaban J connectivity index is 1.55. The van der Waals surface area contributed by atoms with Gasteiger partial charge in [-0.25, -0.2) is 0 Å². The number of hydrogen-bond donors (Lipinski definition) is 1. The largest absolute Gasteiger partial charge is 0.488 e. The van der Waals surface area contributed by atoms with Crippen molar-refractivity contribution in [2.24, 2.45) is 0 Å². The smallest absolute Gasteiger partial charge is 0.256 e. The van der Waals surface area contributed by atoms with E-state index < -0.39 is 6.04 Å². The Kier molecular flexibility index (Phi) is 6.32. The topological polar surface area (TPSA) is 72.8 Å². The van der Waals surface area contributed by atoms with E-state index in [2.05, 4.69) is 9.88 Å². The van der Waals surface area contributed by atoms with E-state index in [1.165, 1.54) is 0 Å². The standard InChI is InChI=1S/C24H31N3O4/c1-16-13-21(17(2)26(16)11-12-30-3)24(29)27-15-20(31-19-7-5-4-6-8-19)14-22(27)23(28)25-18-9-10-18/h4-8,13,18,20,22H,9-12,14-15H2,1-3H3,(H,25,28)/t20-,22-/m0/s1. The number of nitrogens with one attached hydrogen (secondary N) is 1. The van der Waals surface area contributed by atoms with Gasteiger partial charge in [-0.1, -0.05) is 18.2 Å². The maximum Gasteiger partial charge on any atom is 0.256 e. The molecule has 0 unspecified atom stereocenters. The zero-order chi connectivity index (χ0) is 22.0. The summed E-state index contributed by atoms with van der Waals surface area (Å²) >= 11 is 0. The van der Waals surface area contributed by atoms with E-state index in [-0.39, 0.29) is 24.0 Å². The lowest BCUT2D eigenvalue weighted by Gasteiger charge is -2.23. The van der Waals surface area contributed by atoms with Gasteiger partial charge in [-0.3, -0.25) is 9.59 Å². The Labute approximate surface area is 183 Å². The van der Waals surface area contributed by atoms with Gasteiger partial charge >= 0.3 is 0 Å². The lowest BCUT2D eigenvalue weighted by atomic mass is 10.1. The molecule has 2 fully saturated rings. The van der Waals surface area contributed by atoms with Gasteiger partial charge in [0.2, 0.25) is 5.91 Å². The third kappa shape index (κ3) is 4.77. The van der Waals surface area contributed by atoms with Gasteiger partial charge in [-0.05, 0) is 44.9 Å². The number of methoxy groups -OCH3 is 1. The van der Waals surface area contributed by atoms with Crippen LogP contribution in [0.2, 0.25) is 0 Å². The first-order valence-corrected chi connectivity index (χ1v) is 11.0. The van der Waals surface area contributed by atoms with Gasteiger partial charge in [0.05, 0.1) is 18.7 Å². The summed E-state index contributed by atoms with van der Waals surface area (Å²) in [4.78, 5) is 28.2. The molecule has 2 atom stereocenters. The molecule has 7 heteroatoms. The number of ether oxygens (including phenoxy) is 2. The van der Waals surface area contributed by atoms with Crippen LogP contribution in [0, 0.1) is 13.8 Å². The average molecular weight is 426 g/mol. The van der Waals surface area contributed by atoms with Crippen molar-refractivity contribution < 1.29 is 19.1 Å². The van der Waals surface area contributed by atoms with E-state index >= 15 is 0 Å². The van der Waals surface area contributed by atoms with Crippen LogP contribution in [-0.2, 0) is 16.1 Å². The van der Waals surface area contributed by atoms with Crippen LogP contribution in [-0.4, -0.2) is 59.7 Å². The van der Waals surface area contributed by atoms with Gasteiger partial charge in [0.1, 0.15) is 17.9 Å². The van der Waals surface area contributed by atoms with Crippen LogP contribution in [0.15, 0.2) is 36.4 Å². The lowest BCUT2D eigenvalue weighted by Crippen LogP contribution is -2.46. The van der Waals surface area contributed by atoms with Crippen molar-refractivity contribution in [2.45, 2.75) is 57.8 Å². The summed E-state index contributed by atoms with van der Waals surface area (Å²) in [6.45, 7) is 5.59. The number of benzene rings is 1. The number of aromatic nitrogens is 1. The molecule has 0 bridgehead atoms. The number of likely N-dealkylation sites (tertiary alicyclic amines) is 1. The van der Waals surface area contributed by atoms with Gasteiger partial charge < -0.3 is 24.3 Å². The number of nitrogens with zero attached hydrogens (tertiary/aromatic N) is 2. The van der Waals surface area contributed by atoms with Crippen molar-refractivity contribution in [1.82, 2.24) is 14.8 Å². The van der Waals surface area contributed by atoms with E-state index in [0.29, 0.717) is 31.7 Å². The highest BCUT2D eigenvalue weighted by atomic mass is 16.5. The van der Waals surface area contributed by atoms with Crippen LogP contribution in [0.4, 0.5) is 0 Å². The monoisotopic (exact) mass is 425 g/mol. The zero-order valence-electron chi connectivity index (χ0n) is 18.5. The predicted molar refractivity (Wildman–Crippen MR) is 117 cm³/mol. The van der Waals surface area contributed by atoms with Crippen molar-refractivity contribution in [3.8, 4) is 5.75 Å². The molecule has 0 radical (unpaired) electrons. The maximum absolute atomic E-state index is 13.6. The molecule has 2 amide bonds. The normalized spacial score (nSPS) is 20.7. The van der Waals surface area contributed by atoms with Crippen LogP contribution < -0.4 is 10.1 Å². The van der Waals surface area contributed by atoms with E-state index in [1.807, 2.05) is 50.2 Å². The summed E-state index contributed by atoms with van der Waals surface area (Å²) in [6, 6.07) is 11.2. The molecule has 7 nitrogen and oxygen atoms in total. The van der Waals surface area contributed by atoms with Gasteiger partial charge in [-0.2, -0.15) is 0 Å². The van der Waals surface area contributed by atoms with Crippen molar-refractivity contribution in [3.05, 3.63) is 53.3 Å². The number of para-hydroxylation sites is 1. The molecule has 1 aliphatic heterocycles. The summed E-state index contributed by atoms with van der Waals surface area (Å²) < 4.78 is 13.4. The summed E-state index contributed by atoms with van der Waals surface area (Å²) in [7, 11) is 1.67. The molecule has 2 aliphatic rings. The number of hydrogen-bond acceptors (Lipinski definition) is 4. The first-order valence-electron chi connectivity index (χ1n) is 11.0. The van der Waals surface area contributed by atoms with E-state index in [4.69, 9.17) is 9.47 Å². The minimum atomic E-state index is -0.524. The van der Waals surface area contributed by atoms with Gasteiger partial charge in [-0.15, -0.1) is 0 Å². The van der Waals surface area contributed by atoms with Crippen LogP contribution in [0.3, 0.4) is 0 Å². The average Bonchev–Trinajstić information content (AvgIpc) is 3.40. The summed E-state index contributed by atoms with van der Waals surface area (Å²) in [5.41, 5.74) is 2.54. The van der Waals surface area contributed by atoms with E-state index in [9.17, 15) is 9.59 Å². The molecule has 4 rings (SSSR count). The van der Waals surface area contributed by atoms with E-state index in [0.717, 1.165) is 30.0 Å². The number of carbonyl (C=O) groups is 2. The minimum absolute atomic E-state index is 0.0804. The SMILES string of the molecule is COCCn1c(C)cc(C(=O)N2C[C@@H](Oc3ccccc3)C[C@H]2C(=O)NC2CC2)c1C. The van der Waals surface area contributed by atoms with Crippen molar-refractivity contribution in [1.29, 1.82) is 0 Å². The van der Waals surface area contributed by atoms with Crippen molar-refractivity contribution in [3.63, 3.8) is 0 Å². The fourth-order valence-corrected chi connectivity index (χ4v) is 4.27. The molecule has 1 aromatic heterocycles. The zero-order valence-corrected chi connectivity index (χ0v) is 18.5. The van der Waals surface area contributed by atoms with E-state index in [1.54, 1.807) is 12.0 Å². The first-order chi connectivity index (χ1) is 15.0. The highest BCUT2D eigenvalue weighted by Crippen LogP contribution is 2.28. The molecule has 31 heavy (non-hydrogen) atoms. The lowest BCUT2D eigenvalue weighted by molar-refractivity contribution is -0.125. The van der Waals surface area contributed by atoms with Crippen LogP contribution in [0.5, 0.6) is 5.75 Å². The molecule has 1 aromatic carbocycles. The first kappa shape index (κ1) is 21.4. The number of carbonyl (C=O) groups excluding carboxylic acids is 2. The van der Waals surface area contributed by atoms with Crippen LogP contribution in [0.25, 0.3) is 0 Å². The van der Waals surface area contributed by atoms with Crippen LogP contribution >= 0.6 is 0 Å². The van der Waals surface area contributed by atoms with Gasteiger partial charge in [0.15, 0.2) is 0 Å². The third-order valence-corrected chi connectivity index (χ3v) is 6.12. The van der Waals surface area contributed by atoms with Crippen LogP contribution in [0.1, 0.15) is 41.0 Å². The molecule has 1 saturated carbocycles. The summed E-state index contributed by atoms with van der Waals surface area (Å²) in [5.74, 6) is 0.552. The molecule has 1 N–H and O–H groups in total. The highest BCUT2D eigenvalue weighted by molar-refractivity contribution is 5.99. The van der Waals surface area contributed by atoms with Gasteiger partial charge in [0, 0.05) is 37.5 Å². The maximum atomic E-state index is 13.6. The second kappa shape index (κ2) is 9.14. The Bertz CT molecular complexity index is 936.